The Bertz CT molecular complexity index is 995. The van der Waals surface area contributed by atoms with Crippen LogP contribution in [0.4, 0.5) is 0 Å². The van der Waals surface area contributed by atoms with Crippen LogP contribution < -0.4 is 0 Å². The molecule has 0 amide bonds. The van der Waals surface area contributed by atoms with Gasteiger partial charge in [0.15, 0.2) is 0 Å². The van der Waals surface area contributed by atoms with Crippen molar-refractivity contribution in [3.8, 4) is 11.4 Å². The van der Waals surface area contributed by atoms with Crippen LogP contribution in [-0.4, -0.2) is 27.5 Å². The molecule has 0 saturated carbocycles. The third kappa shape index (κ3) is 3.29. The van der Waals surface area contributed by atoms with Crippen molar-refractivity contribution in [3.05, 3.63) is 75.0 Å². The van der Waals surface area contributed by atoms with Crippen LogP contribution in [-0.2, 0) is 25.8 Å². The molecule has 0 radical (unpaired) electrons. The standard InChI is InChI=1S/C22H21Cl2N3/c23-16-7-5-14-6-8-17(12-15(14)11-16)27-10-9-20-21(13-27)26-22(25-20)18-3-1-2-4-19(18)24/h1-5,7,11,17H,6,8-10,12-13H2,(H,25,26). The molecule has 0 saturated heterocycles. The number of aromatic amines is 1. The molecule has 5 rings (SSSR count). The minimum absolute atomic E-state index is 0.566. The first kappa shape index (κ1) is 17.3. The molecular weight excluding hydrogens is 377 g/mol. The van der Waals surface area contributed by atoms with E-state index in [1.807, 2.05) is 30.3 Å². The van der Waals surface area contributed by atoms with Crippen LogP contribution in [0.1, 0.15) is 28.9 Å². The summed E-state index contributed by atoms with van der Waals surface area (Å²) in [4.78, 5) is 11.0. The molecule has 0 bridgehead atoms. The van der Waals surface area contributed by atoms with Gasteiger partial charge in [0.25, 0.3) is 0 Å². The van der Waals surface area contributed by atoms with Crippen molar-refractivity contribution in [1.82, 2.24) is 14.9 Å². The molecule has 1 aliphatic heterocycles. The lowest BCUT2D eigenvalue weighted by atomic mass is 9.87. The lowest BCUT2D eigenvalue weighted by molar-refractivity contribution is 0.160. The molecule has 2 heterocycles. The zero-order chi connectivity index (χ0) is 18.4. The molecule has 1 unspecified atom stereocenters. The maximum absolute atomic E-state index is 6.35. The molecule has 0 spiro atoms. The minimum Gasteiger partial charge on any atom is -0.340 e. The normalized spacial score (nSPS) is 19.6. The van der Waals surface area contributed by atoms with Gasteiger partial charge in [0, 0.05) is 36.1 Å². The minimum atomic E-state index is 0.566. The number of nitrogens with one attached hydrogen (secondary N) is 1. The number of benzene rings is 2. The van der Waals surface area contributed by atoms with Gasteiger partial charge in [-0.05, 0) is 54.7 Å². The number of halogens is 2. The van der Waals surface area contributed by atoms with Crippen LogP contribution in [0, 0.1) is 0 Å². The highest BCUT2D eigenvalue weighted by Gasteiger charge is 2.29. The van der Waals surface area contributed by atoms with Gasteiger partial charge in [-0.1, -0.05) is 41.4 Å². The third-order valence-corrected chi connectivity index (χ3v) is 6.44. The highest BCUT2D eigenvalue weighted by Crippen LogP contribution is 2.31. The fourth-order valence-corrected chi connectivity index (χ4v) is 4.85. The second kappa shape index (κ2) is 6.97. The predicted octanol–water partition coefficient (Wildman–Crippen LogP) is 5.30. The van der Waals surface area contributed by atoms with Gasteiger partial charge in [0.1, 0.15) is 5.82 Å². The summed E-state index contributed by atoms with van der Waals surface area (Å²) in [7, 11) is 0. The SMILES string of the molecule is Clc1ccc2c(c1)CC(N1CCc3nc(-c4ccccc4Cl)[nH]c3C1)CC2. The number of H-pyrrole nitrogens is 1. The van der Waals surface area contributed by atoms with Gasteiger partial charge in [0.05, 0.1) is 16.4 Å². The average Bonchev–Trinajstić information content (AvgIpc) is 3.10. The van der Waals surface area contributed by atoms with E-state index in [-0.39, 0.29) is 0 Å². The van der Waals surface area contributed by atoms with Gasteiger partial charge >= 0.3 is 0 Å². The first-order chi connectivity index (χ1) is 13.2. The first-order valence-electron chi connectivity index (χ1n) is 9.51. The number of nitrogens with zero attached hydrogens (tertiary/aromatic N) is 2. The second-order valence-corrected chi connectivity index (χ2v) is 8.36. The average molecular weight is 398 g/mol. The maximum atomic E-state index is 6.35. The van der Waals surface area contributed by atoms with E-state index in [9.17, 15) is 0 Å². The number of rotatable bonds is 2. The number of aromatic nitrogens is 2. The Hall–Kier alpha value is -1.81. The molecule has 3 aromatic rings. The Morgan fingerprint density at radius 2 is 1.93 bits per heavy atom. The summed E-state index contributed by atoms with van der Waals surface area (Å²) in [6, 6.07) is 14.8. The molecule has 2 aliphatic rings. The van der Waals surface area contributed by atoms with Crippen molar-refractivity contribution in [2.45, 2.75) is 38.3 Å². The van der Waals surface area contributed by atoms with E-state index in [2.05, 4.69) is 22.0 Å². The number of hydrogen-bond acceptors (Lipinski definition) is 2. The van der Waals surface area contributed by atoms with E-state index >= 15 is 0 Å². The van der Waals surface area contributed by atoms with E-state index < -0.39 is 0 Å². The highest BCUT2D eigenvalue weighted by molar-refractivity contribution is 6.33. The van der Waals surface area contributed by atoms with E-state index in [1.165, 1.54) is 28.9 Å². The van der Waals surface area contributed by atoms with Crippen LogP contribution in [0.2, 0.25) is 10.0 Å². The van der Waals surface area contributed by atoms with Gasteiger partial charge in [-0.15, -0.1) is 0 Å². The van der Waals surface area contributed by atoms with Crippen molar-refractivity contribution >= 4 is 23.2 Å². The third-order valence-electron chi connectivity index (χ3n) is 5.88. The molecule has 2 aromatic carbocycles. The Kier molecular flexibility index (Phi) is 4.47. The molecule has 27 heavy (non-hydrogen) atoms. The topological polar surface area (TPSA) is 31.9 Å². The fraction of sp³-hybridized carbons (Fsp3) is 0.318. The van der Waals surface area contributed by atoms with Crippen LogP contribution in [0.5, 0.6) is 0 Å². The quantitative estimate of drug-likeness (QED) is 0.635. The summed E-state index contributed by atoms with van der Waals surface area (Å²) in [5.41, 5.74) is 6.25. The van der Waals surface area contributed by atoms with E-state index in [1.54, 1.807) is 0 Å². The first-order valence-corrected chi connectivity index (χ1v) is 10.3. The lowest BCUT2D eigenvalue weighted by Crippen LogP contribution is -2.42. The molecule has 138 valence electrons. The summed E-state index contributed by atoms with van der Waals surface area (Å²) >= 11 is 12.6. The molecular formula is C22H21Cl2N3. The Balaban J connectivity index is 1.37. The molecule has 1 atom stereocenters. The van der Waals surface area contributed by atoms with E-state index in [0.29, 0.717) is 6.04 Å². The van der Waals surface area contributed by atoms with Crippen molar-refractivity contribution < 1.29 is 0 Å². The van der Waals surface area contributed by atoms with Crippen molar-refractivity contribution in [3.63, 3.8) is 0 Å². The molecule has 3 nitrogen and oxygen atoms in total. The van der Waals surface area contributed by atoms with E-state index in [4.69, 9.17) is 28.2 Å². The summed E-state index contributed by atoms with van der Waals surface area (Å²) in [5, 5.41) is 1.58. The Labute approximate surface area is 169 Å². The number of aryl methyl sites for hydroxylation is 1. The van der Waals surface area contributed by atoms with Gasteiger partial charge in [0.2, 0.25) is 0 Å². The van der Waals surface area contributed by atoms with Crippen LogP contribution in [0.15, 0.2) is 42.5 Å². The van der Waals surface area contributed by atoms with Crippen LogP contribution in [0.3, 0.4) is 0 Å². The van der Waals surface area contributed by atoms with Gasteiger partial charge in [-0.2, -0.15) is 0 Å². The van der Waals surface area contributed by atoms with Gasteiger partial charge in [-0.3, -0.25) is 4.90 Å². The van der Waals surface area contributed by atoms with Gasteiger partial charge < -0.3 is 4.98 Å². The molecule has 1 aliphatic carbocycles. The fourth-order valence-electron chi connectivity index (χ4n) is 4.43. The lowest BCUT2D eigenvalue weighted by Gasteiger charge is -2.37. The van der Waals surface area contributed by atoms with Crippen LogP contribution in [0.25, 0.3) is 11.4 Å². The monoisotopic (exact) mass is 397 g/mol. The largest absolute Gasteiger partial charge is 0.340 e. The van der Waals surface area contributed by atoms with E-state index in [0.717, 1.165) is 53.8 Å². The zero-order valence-electron chi connectivity index (χ0n) is 15.0. The summed E-state index contributed by atoms with van der Waals surface area (Å²) < 4.78 is 0. The smallest absolute Gasteiger partial charge is 0.139 e. The number of hydrogen-bond donors (Lipinski definition) is 1. The summed E-state index contributed by atoms with van der Waals surface area (Å²) in [5.74, 6) is 0.883. The predicted molar refractivity (Wildman–Crippen MR) is 110 cm³/mol. The Morgan fingerprint density at radius 3 is 2.81 bits per heavy atom. The Morgan fingerprint density at radius 1 is 1.04 bits per heavy atom. The highest BCUT2D eigenvalue weighted by atomic mass is 35.5. The van der Waals surface area contributed by atoms with Crippen molar-refractivity contribution in [1.29, 1.82) is 0 Å². The summed E-state index contributed by atoms with van der Waals surface area (Å²) in [6.45, 7) is 1.98. The number of imidazole rings is 1. The van der Waals surface area contributed by atoms with Gasteiger partial charge in [-0.25, -0.2) is 4.98 Å². The second-order valence-electron chi connectivity index (χ2n) is 7.52. The molecule has 5 heteroatoms. The maximum Gasteiger partial charge on any atom is 0.139 e. The van der Waals surface area contributed by atoms with Crippen LogP contribution >= 0.6 is 23.2 Å². The summed E-state index contributed by atoms with van der Waals surface area (Å²) in [6.07, 6.45) is 4.40. The van der Waals surface area contributed by atoms with Crippen molar-refractivity contribution in [2.24, 2.45) is 0 Å². The molecule has 1 N–H and O–H groups in total. The molecule has 0 fully saturated rings. The zero-order valence-corrected chi connectivity index (χ0v) is 16.5. The molecule has 1 aromatic heterocycles. The van der Waals surface area contributed by atoms with Crippen molar-refractivity contribution in [2.75, 3.05) is 6.54 Å². The number of fused-ring (bicyclic) bond motifs is 2.